The van der Waals surface area contributed by atoms with Gasteiger partial charge in [-0.3, -0.25) is 4.79 Å². The number of fused-ring (bicyclic) bond motifs is 1. The minimum absolute atomic E-state index is 0.0189. The Hall–Kier alpha value is -1.77. The highest BCUT2D eigenvalue weighted by atomic mass is 79.9. The topological polar surface area (TPSA) is 50.8 Å². The highest BCUT2D eigenvalue weighted by Gasteiger charge is 2.34. The molecule has 26 heavy (non-hydrogen) atoms. The molecule has 0 radical (unpaired) electrons. The maximum Gasteiger partial charge on any atom is 0.192 e. The second-order valence-corrected chi connectivity index (χ2v) is 6.97. The molecule has 0 saturated carbocycles. The monoisotopic (exact) mass is 428 g/mol. The molecule has 8 heteroatoms. The number of rotatable bonds is 7. The SMILES string of the molecule is COCOCC(=O)C1=C2CCCN2CC(F)=C1Nc1ccc(Br)cc1F. The maximum absolute atomic E-state index is 14.8. The van der Waals surface area contributed by atoms with Crippen molar-refractivity contribution < 1.29 is 23.0 Å². The molecule has 0 spiro atoms. The van der Waals surface area contributed by atoms with Gasteiger partial charge in [0, 0.05) is 23.8 Å². The van der Waals surface area contributed by atoms with E-state index in [9.17, 15) is 13.6 Å². The molecule has 0 bridgehead atoms. The third-order valence-electron chi connectivity index (χ3n) is 4.27. The van der Waals surface area contributed by atoms with Crippen LogP contribution >= 0.6 is 15.9 Å². The lowest BCUT2D eigenvalue weighted by Gasteiger charge is -2.29. The lowest BCUT2D eigenvalue weighted by molar-refractivity contribution is -0.124. The number of Topliss-reactive ketones (excluding diaryl/α,β-unsaturated/α-hetero) is 1. The van der Waals surface area contributed by atoms with Crippen LogP contribution in [-0.4, -0.2) is 44.3 Å². The van der Waals surface area contributed by atoms with Gasteiger partial charge < -0.3 is 19.7 Å². The molecular formula is C18H19BrF2N2O3. The molecule has 1 aromatic carbocycles. The van der Waals surface area contributed by atoms with Crippen LogP contribution in [0, 0.1) is 5.82 Å². The van der Waals surface area contributed by atoms with Crippen LogP contribution < -0.4 is 5.32 Å². The Morgan fingerprint density at radius 3 is 2.92 bits per heavy atom. The molecule has 2 aliphatic heterocycles. The summed E-state index contributed by atoms with van der Waals surface area (Å²) in [4.78, 5) is 14.5. The van der Waals surface area contributed by atoms with Gasteiger partial charge in [-0.1, -0.05) is 15.9 Å². The summed E-state index contributed by atoms with van der Waals surface area (Å²) in [6, 6.07) is 4.42. The van der Waals surface area contributed by atoms with Crippen LogP contribution in [0.2, 0.25) is 0 Å². The van der Waals surface area contributed by atoms with Crippen molar-refractivity contribution in [2.45, 2.75) is 12.8 Å². The van der Waals surface area contributed by atoms with Gasteiger partial charge in [0.15, 0.2) is 5.78 Å². The van der Waals surface area contributed by atoms with Gasteiger partial charge in [-0.2, -0.15) is 0 Å². The fraction of sp³-hybridized carbons (Fsp3) is 0.389. The van der Waals surface area contributed by atoms with E-state index in [0.29, 0.717) is 17.4 Å². The molecule has 140 valence electrons. The number of allylic oxidation sites excluding steroid dienone is 2. The van der Waals surface area contributed by atoms with Gasteiger partial charge in [0.1, 0.15) is 25.0 Å². The first kappa shape index (κ1) is 19.0. The van der Waals surface area contributed by atoms with Gasteiger partial charge in [-0.15, -0.1) is 0 Å². The molecule has 1 fully saturated rings. The normalized spacial score (nSPS) is 17.0. The molecule has 1 saturated heterocycles. The standard InChI is InChI=1S/C18H19BrF2N2O3/c1-25-10-26-9-16(24)17-15-3-2-6-23(15)8-13(21)18(17)22-14-5-4-11(19)7-12(14)20/h4-5,7,22H,2-3,6,8-10H2,1H3. The molecule has 0 atom stereocenters. The molecule has 3 rings (SSSR count). The highest BCUT2D eigenvalue weighted by molar-refractivity contribution is 9.10. The van der Waals surface area contributed by atoms with E-state index in [4.69, 9.17) is 9.47 Å². The number of benzene rings is 1. The molecule has 0 amide bonds. The molecule has 2 heterocycles. The van der Waals surface area contributed by atoms with Crippen LogP contribution in [0.5, 0.6) is 0 Å². The predicted molar refractivity (Wildman–Crippen MR) is 96.5 cm³/mol. The minimum Gasteiger partial charge on any atom is -0.367 e. The van der Waals surface area contributed by atoms with Crippen molar-refractivity contribution in [1.29, 1.82) is 0 Å². The number of nitrogens with one attached hydrogen (secondary N) is 1. The second-order valence-electron chi connectivity index (χ2n) is 6.05. The lowest BCUT2D eigenvalue weighted by Crippen LogP contribution is -2.31. The highest BCUT2D eigenvalue weighted by Crippen LogP contribution is 2.36. The Bertz CT molecular complexity index is 780. The van der Waals surface area contributed by atoms with Crippen LogP contribution in [-0.2, 0) is 14.3 Å². The summed E-state index contributed by atoms with van der Waals surface area (Å²) in [5.74, 6) is -1.40. The number of carbonyl (C=O) groups is 1. The first-order chi connectivity index (χ1) is 12.5. The van der Waals surface area contributed by atoms with Gasteiger partial charge in [-0.25, -0.2) is 8.78 Å². The van der Waals surface area contributed by atoms with Crippen molar-refractivity contribution in [3.05, 3.63) is 51.3 Å². The lowest BCUT2D eigenvalue weighted by atomic mass is 9.99. The van der Waals surface area contributed by atoms with Gasteiger partial charge in [0.25, 0.3) is 0 Å². The van der Waals surface area contributed by atoms with Crippen LogP contribution in [0.25, 0.3) is 0 Å². The van der Waals surface area contributed by atoms with Crippen LogP contribution in [0.15, 0.2) is 45.5 Å². The van der Waals surface area contributed by atoms with Gasteiger partial charge in [-0.05, 0) is 31.0 Å². The van der Waals surface area contributed by atoms with Gasteiger partial charge in [0.2, 0.25) is 0 Å². The van der Waals surface area contributed by atoms with E-state index in [1.807, 2.05) is 4.90 Å². The Labute approximate surface area is 158 Å². The van der Waals surface area contributed by atoms with Crippen LogP contribution in [0.4, 0.5) is 14.5 Å². The average Bonchev–Trinajstić information content (AvgIpc) is 3.05. The molecule has 1 N–H and O–H groups in total. The summed E-state index contributed by atoms with van der Waals surface area (Å²) in [7, 11) is 1.45. The number of methoxy groups -OCH3 is 1. The summed E-state index contributed by atoms with van der Waals surface area (Å²) in [5.41, 5.74) is 1.13. The Morgan fingerprint density at radius 1 is 1.38 bits per heavy atom. The smallest absolute Gasteiger partial charge is 0.192 e. The third kappa shape index (κ3) is 3.97. The molecule has 5 nitrogen and oxygen atoms in total. The van der Waals surface area contributed by atoms with E-state index < -0.39 is 11.6 Å². The fourth-order valence-corrected chi connectivity index (χ4v) is 3.49. The van der Waals surface area contributed by atoms with Crippen LogP contribution in [0.1, 0.15) is 12.8 Å². The fourth-order valence-electron chi connectivity index (χ4n) is 3.16. The second kappa shape index (κ2) is 8.28. The number of anilines is 1. The number of ether oxygens (including phenoxy) is 2. The van der Waals surface area contributed by atoms with Crippen molar-refractivity contribution >= 4 is 27.4 Å². The first-order valence-electron chi connectivity index (χ1n) is 8.20. The zero-order valence-electron chi connectivity index (χ0n) is 14.3. The quantitative estimate of drug-likeness (QED) is 0.529. The number of ketones is 1. The van der Waals surface area contributed by atoms with Crippen molar-refractivity contribution in [2.24, 2.45) is 0 Å². The van der Waals surface area contributed by atoms with E-state index in [1.165, 1.54) is 19.2 Å². The van der Waals surface area contributed by atoms with Crippen molar-refractivity contribution in [2.75, 3.05) is 38.9 Å². The minimum atomic E-state index is -0.541. The first-order valence-corrected chi connectivity index (χ1v) is 8.99. The number of carbonyl (C=O) groups excluding carboxylic acids is 1. The van der Waals surface area contributed by atoms with Gasteiger partial charge in [0.05, 0.1) is 23.5 Å². The Balaban J connectivity index is 1.93. The molecule has 0 unspecified atom stereocenters. The molecule has 1 aromatic rings. The summed E-state index contributed by atoms with van der Waals surface area (Å²) in [6.07, 6.45) is 1.52. The Kier molecular flexibility index (Phi) is 6.05. The maximum atomic E-state index is 14.8. The molecule has 2 aliphatic rings. The average molecular weight is 429 g/mol. The van der Waals surface area contributed by atoms with E-state index in [0.717, 1.165) is 12.1 Å². The number of halogens is 3. The van der Waals surface area contributed by atoms with E-state index in [1.54, 1.807) is 6.07 Å². The van der Waals surface area contributed by atoms with Gasteiger partial charge >= 0.3 is 0 Å². The zero-order chi connectivity index (χ0) is 18.7. The Morgan fingerprint density at radius 2 is 2.19 bits per heavy atom. The zero-order valence-corrected chi connectivity index (χ0v) is 15.9. The van der Waals surface area contributed by atoms with Crippen molar-refractivity contribution in [1.82, 2.24) is 4.90 Å². The number of hydrogen-bond donors (Lipinski definition) is 1. The molecule has 0 aliphatic carbocycles. The predicted octanol–water partition coefficient (Wildman–Crippen LogP) is 3.73. The van der Waals surface area contributed by atoms with Crippen molar-refractivity contribution in [3.63, 3.8) is 0 Å². The largest absolute Gasteiger partial charge is 0.367 e. The summed E-state index contributed by atoms with van der Waals surface area (Å²) >= 11 is 3.19. The third-order valence-corrected chi connectivity index (χ3v) is 4.76. The number of hydrogen-bond acceptors (Lipinski definition) is 5. The molecular weight excluding hydrogens is 410 g/mol. The van der Waals surface area contributed by atoms with Crippen LogP contribution in [0.3, 0.4) is 0 Å². The van der Waals surface area contributed by atoms with Crippen molar-refractivity contribution in [3.8, 4) is 0 Å². The summed E-state index contributed by atoms with van der Waals surface area (Å²) in [5, 5.41) is 2.78. The number of nitrogens with zero attached hydrogens (tertiary/aromatic N) is 1. The summed E-state index contributed by atoms with van der Waals surface area (Å²) < 4.78 is 39.5. The van der Waals surface area contributed by atoms with E-state index in [-0.39, 0.29) is 42.7 Å². The van der Waals surface area contributed by atoms with E-state index in [2.05, 4.69) is 21.2 Å². The van der Waals surface area contributed by atoms with E-state index >= 15 is 0 Å². The summed E-state index contributed by atoms with van der Waals surface area (Å²) in [6.45, 7) is 0.500. The molecule has 0 aromatic heterocycles.